The van der Waals surface area contributed by atoms with Gasteiger partial charge in [0.05, 0.1) is 6.61 Å². The second-order valence-electron chi connectivity index (χ2n) is 2.47. The second kappa shape index (κ2) is 6.23. The Bertz CT molecular complexity index is 349. The van der Waals surface area contributed by atoms with Gasteiger partial charge in [0.15, 0.2) is 0 Å². The van der Waals surface area contributed by atoms with Crippen LogP contribution in [0.3, 0.4) is 0 Å². The summed E-state index contributed by atoms with van der Waals surface area (Å²) >= 11 is 1.37. The first-order valence-corrected chi connectivity index (χ1v) is 5.51. The molecular formula is C9H12N2O3S. The molecule has 1 aromatic rings. The van der Waals surface area contributed by atoms with Crippen LogP contribution in [0.1, 0.15) is 24.5 Å². The molecule has 1 rings (SSSR count). The molecule has 0 unspecified atom stereocenters. The van der Waals surface area contributed by atoms with Crippen molar-refractivity contribution in [2.75, 3.05) is 12.4 Å². The van der Waals surface area contributed by atoms with Crippen molar-refractivity contribution in [2.45, 2.75) is 19.1 Å². The number of aromatic nitrogens is 2. The smallest absolute Gasteiger partial charge is 0.396 e. The van der Waals surface area contributed by atoms with Crippen molar-refractivity contribution in [1.82, 2.24) is 10.2 Å². The number of nitrogens with zero attached hydrogens (tertiary/aromatic N) is 2. The highest BCUT2D eigenvalue weighted by Crippen LogP contribution is 2.16. The number of thioether (sulfide) groups is 1. The average molecular weight is 228 g/mol. The van der Waals surface area contributed by atoms with Gasteiger partial charge in [-0.05, 0) is 13.8 Å². The Labute approximate surface area is 91.9 Å². The molecule has 6 heteroatoms. The van der Waals surface area contributed by atoms with Crippen LogP contribution < -0.4 is 0 Å². The summed E-state index contributed by atoms with van der Waals surface area (Å²) in [6, 6.07) is 0. The Morgan fingerprint density at radius 3 is 3.07 bits per heavy atom. The molecule has 0 amide bonds. The Morgan fingerprint density at radius 2 is 2.40 bits per heavy atom. The van der Waals surface area contributed by atoms with Gasteiger partial charge in [-0.1, -0.05) is 29.0 Å². The van der Waals surface area contributed by atoms with Crippen LogP contribution in [0.4, 0.5) is 0 Å². The Morgan fingerprint density at radius 1 is 1.60 bits per heavy atom. The molecule has 0 aliphatic rings. The minimum absolute atomic E-state index is 0.0974. The zero-order valence-corrected chi connectivity index (χ0v) is 9.41. The van der Waals surface area contributed by atoms with Crippen molar-refractivity contribution in [3.63, 3.8) is 0 Å². The van der Waals surface area contributed by atoms with Gasteiger partial charge in [0.25, 0.3) is 5.22 Å². The second-order valence-corrected chi connectivity index (χ2v) is 3.44. The molecule has 0 aliphatic heterocycles. The van der Waals surface area contributed by atoms with E-state index in [1.807, 2.05) is 19.1 Å². The van der Waals surface area contributed by atoms with Gasteiger partial charge in [0, 0.05) is 5.75 Å². The molecule has 0 N–H and O–H groups in total. The van der Waals surface area contributed by atoms with Crippen LogP contribution in [0.5, 0.6) is 0 Å². The van der Waals surface area contributed by atoms with Crippen LogP contribution in [0.15, 0.2) is 21.8 Å². The molecule has 0 radical (unpaired) electrons. The molecule has 0 atom stereocenters. The van der Waals surface area contributed by atoms with Crippen molar-refractivity contribution >= 4 is 17.7 Å². The predicted octanol–water partition coefficient (Wildman–Crippen LogP) is 1.91. The van der Waals surface area contributed by atoms with Gasteiger partial charge in [-0.2, -0.15) is 0 Å². The summed E-state index contributed by atoms with van der Waals surface area (Å²) in [7, 11) is 0. The first-order valence-electron chi connectivity index (χ1n) is 4.52. The number of rotatable bonds is 5. The third-order valence-corrected chi connectivity index (χ3v) is 2.17. The molecule has 5 nitrogen and oxygen atoms in total. The zero-order valence-electron chi connectivity index (χ0n) is 8.60. The zero-order chi connectivity index (χ0) is 11.1. The number of ether oxygens (including phenoxy) is 1. The fourth-order valence-electron chi connectivity index (χ4n) is 0.759. The highest BCUT2D eigenvalue weighted by molar-refractivity contribution is 7.99. The van der Waals surface area contributed by atoms with E-state index >= 15 is 0 Å². The van der Waals surface area contributed by atoms with Crippen molar-refractivity contribution in [1.29, 1.82) is 0 Å². The maximum absolute atomic E-state index is 11.1. The van der Waals surface area contributed by atoms with Crippen molar-refractivity contribution in [3.8, 4) is 0 Å². The Kier molecular flexibility index (Phi) is 4.89. The highest BCUT2D eigenvalue weighted by atomic mass is 32.2. The summed E-state index contributed by atoms with van der Waals surface area (Å²) in [6.45, 7) is 3.94. The van der Waals surface area contributed by atoms with Crippen LogP contribution in [-0.4, -0.2) is 28.5 Å². The van der Waals surface area contributed by atoms with Gasteiger partial charge < -0.3 is 9.15 Å². The maximum Gasteiger partial charge on any atom is 0.396 e. The summed E-state index contributed by atoms with van der Waals surface area (Å²) in [5.41, 5.74) is 0. The van der Waals surface area contributed by atoms with E-state index in [-0.39, 0.29) is 5.89 Å². The standard InChI is InChI=1S/C9H12N2O3S/c1-3-5-6-15-9-11-10-7(14-9)8(12)13-4-2/h3,5H,4,6H2,1-2H3/b5-3+. The van der Waals surface area contributed by atoms with E-state index < -0.39 is 5.97 Å². The average Bonchev–Trinajstić information content (AvgIpc) is 2.67. The lowest BCUT2D eigenvalue weighted by atomic mass is 10.6. The van der Waals surface area contributed by atoms with E-state index in [4.69, 9.17) is 9.15 Å². The predicted molar refractivity (Wildman–Crippen MR) is 55.8 cm³/mol. The normalized spacial score (nSPS) is 10.8. The fraction of sp³-hybridized carbons (Fsp3) is 0.444. The van der Waals surface area contributed by atoms with Crippen molar-refractivity contribution in [2.24, 2.45) is 0 Å². The van der Waals surface area contributed by atoms with Gasteiger partial charge in [-0.15, -0.1) is 5.10 Å². The van der Waals surface area contributed by atoms with Crippen LogP contribution >= 0.6 is 11.8 Å². The lowest BCUT2D eigenvalue weighted by Gasteiger charge is -1.94. The van der Waals surface area contributed by atoms with Crippen molar-refractivity contribution in [3.05, 3.63) is 18.0 Å². The SMILES string of the molecule is C/C=C/CSc1nnc(C(=O)OCC)o1. The monoisotopic (exact) mass is 228 g/mol. The maximum atomic E-state index is 11.1. The van der Waals surface area contributed by atoms with E-state index in [1.165, 1.54) is 11.8 Å². The van der Waals surface area contributed by atoms with E-state index in [1.54, 1.807) is 6.92 Å². The highest BCUT2D eigenvalue weighted by Gasteiger charge is 2.15. The molecule has 15 heavy (non-hydrogen) atoms. The number of hydrogen-bond acceptors (Lipinski definition) is 6. The molecule has 1 aromatic heterocycles. The summed E-state index contributed by atoms with van der Waals surface area (Å²) < 4.78 is 9.79. The van der Waals surface area contributed by atoms with Crippen LogP contribution in [-0.2, 0) is 4.74 Å². The van der Waals surface area contributed by atoms with Crippen molar-refractivity contribution < 1.29 is 13.9 Å². The molecule has 0 bridgehead atoms. The van der Waals surface area contributed by atoms with Crippen LogP contribution in [0, 0.1) is 0 Å². The summed E-state index contributed by atoms with van der Waals surface area (Å²) in [5, 5.41) is 7.65. The van der Waals surface area contributed by atoms with Gasteiger partial charge in [-0.3, -0.25) is 0 Å². The third kappa shape index (κ3) is 3.75. The Balaban J connectivity index is 2.52. The summed E-state index contributed by atoms with van der Waals surface area (Å²) in [6.07, 6.45) is 3.88. The molecule has 0 saturated heterocycles. The number of carbonyl (C=O) groups excluding carboxylic acids is 1. The minimum atomic E-state index is -0.581. The van der Waals surface area contributed by atoms with Crippen LogP contribution in [0.2, 0.25) is 0 Å². The molecule has 0 fully saturated rings. The molecule has 0 saturated carbocycles. The minimum Gasteiger partial charge on any atom is -0.459 e. The topological polar surface area (TPSA) is 65.2 Å². The third-order valence-electron chi connectivity index (χ3n) is 1.40. The first kappa shape index (κ1) is 11.8. The number of carbonyl (C=O) groups is 1. The molecule has 82 valence electrons. The lowest BCUT2D eigenvalue weighted by molar-refractivity contribution is 0.0475. The van der Waals surface area contributed by atoms with E-state index in [0.29, 0.717) is 11.8 Å². The summed E-state index contributed by atoms with van der Waals surface area (Å²) in [5.74, 6) is 0.0590. The van der Waals surface area contributed by atoms with Gasteiger partial charge in [0.2, 0.25) is 0 Å². The Hall–Kier alpha value is -1.30. The van der Waals surface area contributed by atoms with Gasteiger partial charge in [0.1, 0.15) is 0 Å². The summed E-state index contributed by atoms with van der Waals surface area (Å²) in [4.78, 5) is 11.1. The van der Waals surface area contributed by atoms with Gasteiger partial charge >= 0.3 is 11.9 Å². The first-order chi connectivity index (χ1) is 7.27. The van der Waals surface area contributed by atoms with Gasteiger partial charge in [-0.25, -0.2) is 4.79 Å². The molecule has 0 aliphatic carbocycles. The molecule has 1 heterocycles. The van der Waals surface area contributed by atoms with E-state index in [2.05, 4.69) is 10.2 Å². The molecular weight excluding hydrogens is 216 g/mol. The molecule has 0 spiro atoms. The van der Waals surface area contributed by atoms with E-state index in [9.17, 15) is 4.79 Å². The molecule has 0 aromatic carbocycles. The number of esters is 1. The quantitative estimate of drug-likeness (QED) is 0.436. The fourth-order valence-corrected chi connectivity index (χ4v) is 1.43. The lowest BCUT2D eigenvalue weighted by Crippen LogP contribution is -2.04. The number of hydrogen-bond donors (Lipinski definition) is 0. The van der Waals surface area contributed by atoms with Crippen LogP contribution in [0.25, 0.3) is 0 Å². The largest absolute Gasteiger partial charge is 0.459 e. The van der Waals surface area contributed by atoms with E-state index in [0.717, 1.165) is 5.75 Å². The number of allylic oxidation sites excluding steroid dienone is 1.